The van der Waals surface area contributed by atoms with Crippen LogP contribution in [0.1, 0.15) is 56.4 Å². The number of allylic oxidation sites excluding steroid dienone is 1. The van der Waals surface area contributed by atoms with Gasteiger partial charge in [0.15, 0.2) is 0 Å². The molecule has 2 aliphatic carbocycles. The molecule has 0 radical (unpaired) electrons. The first-order chi connectivity index (χ1) is 24.8. The Kier molecular flexibility index (Phi) is 14.2. The summed E-state index contributed by atoms with van der Waals surface area (Å²) >= 11 is 7.57. The van der Waals surface area contributed by atoms with Crippen LogP contribution in [0.5, 0.6) is 17.2 Å². The van der Waals surface area contributed by atoms with E-state index in [1.54, 1.807) is 24.9 Å². The van der Waals surface area contributed by atoms with E-state index in [2.05, 4.69) is 23.9 Å². The van der Waals surface area contributed by atoms with Crippen molar-refractivity contribution < 1.29 is 38.8 Å². The Morgan fingerprint density at radius 1 is 1.12 bits per heavy atom. The Morgan fingerprint density at radius 3 is 2.51 bits per heavy atom. The minimum atomic E-state index is -1.35. The zero-order valence-electron chi connectivity index (χ0n) is 29.8. The summed E-state index contributed by atoms with van der Waals surface area (Å²) in [5.74, 6) is 0.529. The van der Waals surface area contributed by atoms with Gasteiger partial charge in [-0.15, -0.1) is 29.9 Å². The van der Waals surface area contributed by atoms with Crippen LogP contribution >= 0.6 is 23.4 Å². The number of aliphatic hydroxyl groups excluding tert-OH is 2. The lowest BCUT2D eigenvalue weighted by molar-refractivity contribution is -0.253. The number of alkyl halides is 1. The number of halogens is 1. The summed E-state index contributed by atoms with van der Waals surface area (Å²) in [7, 11) is 3.21. The van der Waals surface area contributed by atoms with Crippen molar-refractivity contribution in [2.24, 2.45) is 22.9 Å². The van der Waals surface area contributed by atoms with E-state index in [1.165, 1.54) is 12.0 Å². The van der Waals surface area contributed by atoms with Crippen molar-refractivity contribution in [2.75, 3.05) is 52.7 Å². The summed E-state index contributed by atoms with van der Waals surface area (Å²) < 4.78 is 25.9. The lowest BCUT2D eigenvalue weighted by Gasteiger charge is -2.59. The number of carbonyl (C=O) groups excluding carboxylic acids is 1. The van der Waals surface area contributed by atoms with E-state index < -0.39 is 23.8 Å². The molecule has 3 aliphatic rings. The molecule has 0 aromatic heterocycles. The highest BCUT2D eigenvalue weighted by molar-refractivity contribution is 7.98. The van der Waals surface area contributed by atoms with Crippen LogP contribution in [-0.2, 0) is 14.3 Å². The molecule has 0 saturated heterocycles. The SMILES string of the molecule is C=CCO[C@@]12Oc3ccc(Oc4ccc(SC)cc4)cc3[C@H]3[C@H](CCCCO)[C@@H](CCCCO)C=C(C(=NOC)C[C@@H]1N(C)C(=O)OCCCl)[C@H]32. The lowest BCUT2D eigenvalue weighted by atomic mass is 9.55. The minimum absolute atomic E-state index is 0.0586. The molecule has 1 fully saturated rings. The largest absolute Gasteiger partial charge is 0.459 e. The van der Waals surface area contributed by atoms with Gasteiger partial charge in [0.1, 0.15) is 37.0 Å². The molecule has 5 rings (SSSR count). The van der Waals surface area contributed by atoms with E-state index in [-0.39, 0.29) is 56.5 Å². The van der Waals surface area contributed by atoms with Crippen LogP contribution < -0.4 is 9.47 Å². The first-order valence-electron chi connectivity index (χ1n) is 17.7. The molecule has 0 unspecified atom stereocenters. The number of fused-ring (bicyclic) bond motifs is 2. The molecule has 12 heteroatoms. The molecule has 1 aliphatic heterocycles. The maximum atomic E-state index is 13.5. The van der Waals surface area contributed by atoms with E-state index in [1.807, 2.05) is 42.7 Å². The normalized spacial score (nSPS) is 25.6. The Labute approximate surface area is 310 Å². The second-order valence-corrected chi connectivity index (χ2v) is 14.4. The van der Waals surface area contributed by atoms with Crippen molar-refractivity contribution in [2.45, 2.75) is 67.6 Å². The smallest absolute Gasteiger partial charge is 0.410 e. The number of oxime groups is 1. The van der Waals surface area contributed by atoms with Crippen molar-refractivity contribution >= 4 is 35.2 Å². The van der Waals surface area contributed by atoms with Crippen LogP contribution in [0, 0.1) is 17.8 Å². The molecular formula is C39H51ClN2O8S. The van der Waals surface area contributed by atoms with Gasteiger partial charge in [0.2, 0.25) is 5.79 Å². The van der Waals surface area contributed by atoms with Crippen molar-refractivity contribution in [3.8, 4) is 17.2 Å². The number of ether oxygens (including phenoxy) is 4. The fourth-order valence-corrected chi connectivity index (χ4v) is 8.52. The number of amides is 1. The molecule has 0 spiro atoms. The minimum Gasteiger partial charge on any atom is -0.459 e. The average molecular weight is 743 g/mol. The summed E-state index contributed by atoms with van der Waals surface area (Å²) in [6.45, 7) is 4.41. The van der Waals surface area contributed by atoms with Gasteiger partial charge < -0.3 is 38.9 Å². The summed E-state index contributed by atoms with van der Waals surface area (Å²) in [6.07, 6.45) is 10.5. The van der Waals surface area contributed by atoms with Crippen LogP contribution in [-0.4, -0.2) is 91.5 Å². The van der Waals surface area contributed by atoms with Gasteiger partial charge in [0.05, 0.1) is 24.1 Å². The Hall–Kier alpha value is -3.22. The number of aliphatic hydroxyl groups is 2. The monoisotopic (exact) mass is 742 g/mol. The summed E-state index contributed by atoms with van der Waals surface area (Å²) in [5, 5.41) is 24.1. The zero-order valence-corrected chi connectivity index (χ0v) is 31.4. The van der Waals surface area contributed by atoms with Gasteiger partial charge in [-0.2, -0.15) is 0 Å². The third kappa shape index (κ3) is 8.54. The van der Waals surface area contributed by atoms with Gasteiger partial charge in [-0.3, -0.25) is 0 Å². The molecule has 10 nitrogen and oxygen atoms in total. The van der Waals surface area contributed by atoms with Gasteiger partial charge in [0.25, 0.3) is 0 Å². The van der Waals surface area contributed by atoms with E-state index in [4.69, 9.17) is 35.4 Å². The maximum absolute atomic E-state index is 13.5. The number of unbranched alkanes of at least 4 members (excludes halogenated alkanes) is 2. The molecule has 2 aromatic rings. The van der Waals surface area contributed by atoms with Crippen molar-refractivity contribution in [3.63, 3.8) is 0 Å². The number of thioether (sulfide) groups is 1. The number of benzene rings is 2. The summed E-state index contributed by atoms with van der Waals surface area (Å²) in [6, 6.07) is 13.2. The quantitative estimate of drug-likeness (QED) is 0.0519. The number of hydrogen-bond donors (Lipinski definition) is 2. The van der Waals surface area contributed by atoms with E-state index in [9.17, 15) is 15.0 Å². The van der Waals surface area contributed by atoms with E-state index in [0.717, 1.165) is 47.5 Å². The van der Waals surface area contributed by atoms with Gasteiger partial charge >= 0.3 is 6.09 Å². The molecule has 2 aromatic carbocycles. The first kappa shape index (κ1) is 39.0. The highest BCUT2D eigenvalue weighted by atomic mass is 35.5. The van der Waals surface area contributed by atoms with Crippen molar-refractivity contribution in [3.05, 3.63) is 72.3 Å². The number of likely N-dealkylation sites (N-methyl/N-ethyl adjacent to an activating group) is 1. The molecule has 0 bridgehead atoms. The Balaban J connectivity index is 1.72. The van der Waals surface area contributed by atoms with E-state index in [0.29, 0.717) is 30.1 Å². The van der Waals surface area contributed by atoms with Crippen LogP contribution in [0.2, 0.25) is 0 Å². The highest BCUT2D eigenvalue weighted by Gasteiger charge is 2.65. The van der Waals surface area contributed by atoms with Crippen molar-refractivity contribution in [1.82, 2.24) is 4.90 Å². The Bertz CT molecular complexity index is 1540. The first-order valence-corrected chi connectivity index (χ1v) is 19.5. The fraction of sp³-hybridized carbons (Fsp3) is 0.538. The topological polar surface area (TPSA) is 119 Å². The molecule has 1 amide bonds. The zero-order chi connectivity index (χ0) is 36.4. The van der Waals surface area contributed by atoms with Gasteiger partial charge in [-0.05, 0) is 91.8 Å². The van der Waals surface area contributed by atoms with Crippen LogP contribution in [0.4, 0.5) is 4.79 Å². The maximum Gasteiger partial charge on any atom is 0.410 e. The van der Waals surface area contributed by atoms with E-state index >= 15 is 0 Å². The third-order valence-corrected chi connectivity index (χ3v) is 11.1. The predicted molar refractivity (Wildman–Crippen MR) is 200 cm³/mol. The highest BCUT2D eigenvalue weighted by Crippen LogP contribution is 2.62. The van der Waals surface area contributed by atoms with Gasteiger partial charge in [-0.25, -0.2) is 4.79 Å². The molecule has 1 heterocycles. The third-order valence-electron chi connectivity index (χ3n) is 10.2. The van der Waals surface area contributed by atoms with Crippen LogP contribution in [0.15, 0.2) is 76.8 Å². The molecule has 6 atom stereocenters. The van der Waals surface area contributed by atoms with Crippen LogP contribution in [0.3, 0.4) is 0 Å². The summed E-state index contributed by atoms with van der Waals surface area (Å²) in [4.78, 5) is 21.6. The average Bonchev–Trinajstić information content (AvgIpc) is 3.15. The summed E-state index contributed by atoms with van der Waals surface area (Å²) in [5.41, 5.74) is 2.65. The number of nitrogens with zero attached hydrogens (tertiary/aromatic N) is 2. The number of rotatable bonds is 18. The van der Waals surface area contributed by atoms with Crippen LogP contribution in [0.25, 0.3) is 0 Å². The fourth-order valence-electron chi connectivity index (χ4n) is 8.04. The number of hydrogen-bond acceptors (Lipinski definition) is 10. The lowest BCUT2D eigenvalue weighted by Crippen LogP contribution is -2.69. The number of carbonyl (C=O) groups is 1. The Morgan fingerprint density at radius 2 is 1.84 bits per heavy atom. The van der Waals surface area contributed by atoms with Gasteiger partial charge in [0, 0.05) is 43.1 Å². The second kappa shape index (κ2) is 18.5. The predicted octanol–water partition coefficient (Wildman–Crippen LogP) is 7.77. The molecular weight excluding hydrogens is 692 g/mol. The molecule has 51 heavy (non-hydrogen) atoms. The molecule has 278 valence electrons. The van der Waals surface area contributed by atoms with Crippen molar-refractivity contribution in [1.29, 1.82) is 0 Å². The molecule has 2 N–H and O–H groups in total. The van der Waals surface area contributed by atoms with Gasteiger partial charge in [-0.1, -0.05) is 30.1 Å². The second-order valence-electron chi connectivity index (χ2n) is 13.1. The standard InChI is InChI=1S/C39H51ClN2O8S/c1-5-21-48-39-35(42(2)38(45)47-22-18-40)25-33(41-46-3)31-23-26(10-6-8-19-43)30(11-7-9-20-44)36(37(31)39)32-24-28(14-17-34(32)50-39)49-27-12-15-29(51-4)16-13-27/h5,12-17,23-24,26,30,35-37,43-44H,1,6-11,18-22,25H2,2-4H3/t26-,30+,35-,36+,37+,39+/m0/s1. The molecule has 1 saturated carbocycles.